The molecule has 0 amide bonds. The van der Waals surface area contributed by atoms with E-state index in [9.17, 15) is 0 Å². The monoisotopic (exact) mass is 232 g/mol. The second kappa shape index (κ2) is 5.63. The fraction of sp³-hybridized carbons (Fsp3) is 0.667. The van der Waals surface area contributed by atoms with Crippen LogP contribution in [0.1, 0.15) is 51.8 Å². The summed E-state index contributed by atoms with van der Waals surface area (Å²) < 4.78 is 0. The minimum atomic E-state index is 0.356. The lowest BCUT2D eigenvalue weighted by atomic mass is 9.78. The number of pyridine rings is 1. The third-order valence-electron chi connectivity index (χ3n) is 4.30. The van der Waals surface area contributed by atoms with Crippen molar-refractivity contribution in [2.24, 2.45) is 11.8 Å². The Kier molecular flexibility index (Phi) is 4.16. The highest BCUT2D eigenvalue weighted by molar-refractivity contribution is 5.08. The van der Waals surface area contributed by atoms with Gasteiger partial charge >= 0.3 is 0 Å². The summed E-state index contributed by atoms with van der Waals surface area (Å²) in [5, 5.41) is 3.75. The average Bonchev–Trinajstić information content (AvgIpc) is 2.36. The van der Waals surface area contributed by atoms with E-state index in [1.165, 1.54) is 19.3 Å². The topological polar surface area (TPSA) is 24.9 Å². The van der Waals surface area contributed by atoms with Gasteiger partial charge in [0.2, 0.25) is 0 Å². The molecule has 0 bridgehead atoms. The minimum absolute atomic E-state index is 0.356. The van der Waals surface area contributed by atoms with Crippen molar-refractivity contribution in [3.63, 3.8) is 0 Å². The van der Waals surface area contributed by atoms with E-state index in [2.05, 4.69) is 43.2 Å². The summed E-state index contributed by atoms with van der Waals surface area (Å²) in [5.41, 5.74) is 1.15. The Morgan fingerprint density at radius 1 is 1.29 bits per heavy atom. The van der Waals surface area contributed by atoms with Crippen molar-refractivity contribution in [2.75, 3.05) is 0 Å². The number of hydrogen-bond donors (Lipinski definition) is 1. The Morgan fingerprint density at radius 3 is 2.82 bits per heavy atom. The first-order valence-electron chi connectivity index (χ1n) is 6.85. The maximum atomic E-state index is 4.43. The lowest BCUT2D eigenvalue weighted by Gasteiger charge is -2.36. The van der Waals surface area contributed by atoms with E-state index < -0.39 is 0 Å². The summed E-state index contributed by atoms with van der Waals surface area (Å²) in [7, 11) is 0. The summed E-state index contributed by atoms with van der Waals surface area (Å²) in [6.45, 7) is 6.98. The molecule has 4 atom stereocenters. The minimum Gasteiger partial charge on any atom is -0.306 e. The summed E-state index contributed by atoms with van der Waals surface area (Å²) in [6, 6.07) is 7.15. The first-order chi connectivity index (χ1) is 8.18. The van der Waals surface area contributed by atoms with E-state index >= 15 is 0 Å². The van der Waals surface area contributed by atoms with Crippen LogP contribution in [0, 0.1) is 11.8 Å². The van der Waals surface area contributed by atoms with Gasteiger partial charge in [-0.25, -0.2) is 0 Å². The molecule has 1 fully saturated rings. The molecule has 1 aliphatic carbocycles. The molecule has 1 N–H and O–H groups in total. The second-order valence-electron chi connectivity index (χ2n) is 5.52. The van der Waals surface area contributed by atoms with E-state index in [1.54, 1.807) is 0 Å². The summed E-state index contributed by atoms with van der Waals surface area (Å²) in [5.74, 6) is 1.62. The Morgan fingerprint density at radius 2 is 2.12 bits per heavy atom. The first-order valence-corrected chi connectivity index (χ1v) is 6.85. The van der Waals surface area contributed by atoms with Crippen LogP contribution in [0.15, 0.2) is 24.4 Å². The normalized spacial score (nSPS) is 31.1. The molecule has 1 aromatic heterocycles. The van der Waals surface area contributed by atoms with Gasteiger partial charge in [0.25, 0.3) is 0 Å². The molecule has 2 nitrogen and oxygen atoms in total. The molecular weight excluding hydrogens is 208 g/mol. The van der Waals surface area contributed by atoms with Crippen LogP contribution in [0.4, 0.5) is 0 Å². The zero-order valence-electron chi connectivity index (χ0n) is 11.2. The highest BCUT2D eigenvalue weighted by atomic mass is 15.0. The zero-order valence-corrected chi connectivity index (χ0v) is 11.2. The van der Waals surface area contributed by atoms with E-state index in [0.29, 0.717) is 12.1 Å². The lowest BCUT2D eigenvalue weighted by Crippen LogP contribution is -2.41. The van der Waals surface area contributed by atoms with Crippen molar-refractivity contribution < 1.29 is 0 Å². The molecule has 94 valence electrons. The van der Waals surface area contributed by atoms with Crippen LogP contribution in [0.2, 0.25) is 0 Å². The lowest BCUT2D eigenvalue weighted by molar-refractivity contribution is 0.195. The third-order valence-corrected chi connectivity index (χ3v) is 4.30. The molecule has 17 heavy (non-hydrogen) atoms. The van der Waals surface area contributed by atoms with E-state index in [4.69, 9.17) is 0 Å². The van der Waals surface area contributed by atoms with Gasteiger partial charge in [-0.2, -0.15) is 0 Å². The molecule has 2 rings (SSSR count). The smallest absolute Gasteiger partial charge is 0.0570 e. The van der Waals surface area contributed by atoms with Crippen LogP contribution >= 0.6 is 0 Å². The van der Waals surface area contributed by atoms with Crippen molar-refractivity contribution in [3.8, 4) is 0 Å². The Bertz CT molecular complexity index is 336. The third kappa shape index (κ3) is 3.06. The van der Waals surface area contributed by atoms with Gasteiger partial charge in [0, 0.05) is 18.3 Å². The molecule has 1 saturated carbocycles. The van der Waals surface area contributed by atoms with Crippen LogP contribution < -0.4 is 5.32 Å². The Hall–Kier alpha value is -0.890. The molecule has 1 aliphatic rings. The summed E-state index contributed by atoms with van der Waals surface area (Å²) in [4.78, 5) is 4.43. The SMILES string of the molecule is CC1CCCC(N[C@H](C)c2ccccn2)C1C. The number of rotatable bonds is 3. The molecule has 0 radical (unpaired) electrons. The van der Waals surface area contributed by atoms with Gasteiger partial charge in [-0.15, -0.1) is 0 Å². The van der Waals surface area contributed by atoms with Crippen LogP contribution in [0.5, 0.6) is 0 Å². The van der Waals surface area contributed by atoms with Gasteiger partial charge in [0.15, 0.2) is 0 Å². The van der Waals surface area contributed by atoms with Crippen LogP contribution in [0.3, 0.4) is 0 Å². The fourth-order valence-electron chi connectivity index (χ4n) is 2.86. The largest absolute Gasteiger partial charge is 0.306 e. The predicted octanol–water partition coefficient (Wildman–Crippen LogP) is 3.56. The molecule has 1 heterocycles. The standard InChI is InChI=1S/C15H24N2/c1-11-7-6-9-14(12(11)2)17-13(3)15-8-4-5-10-16-15/h4-5,8,10-14,17H,6-7,9H2,1-3H3/t11?,12?,13-,14?/m1/s1. The van der Waals surface area contributed by atoms with Crippen LogP contribution in [0.25, 0.3) is 0 Å². The molecule has 2 heteroatoms. The number of aromatic nitrogens is 1. The van der Waals surface area contributed by atoms with Gasteiger partial charge in [-0.1, -0.05) is 32.8 Å². The number of hydrogen-bond acceptors (Lipinski definition) is 2. The molecule has 0 spiro atoms. The molecule has 0 saturated heterocycles. The molecule has 0 aliphatic heterocycles. The van der Waals surface area contributed by atoms with Gasteiger partial charge in [0.05, 0.1) is 5.69 Å². The van der Waals surface area contributed by atoms with E-state index in [-0.39, 0.29) is 0 Å². The maximum Gasteiger partial charge on any atom is 0.0570 e. The molecule has 0 aromatic carbocycles. The van der Waals surface area contributed by atoms with Crippen molar-refractivity contribution in [1.82, 2.24) is 10.3 Å². The second-order valence-corrected chi connectivity index (χ2v) is 5.52. The zero-order chi connectivity index (χ0) is 12.3. The van der Waals surface area contributed by atoms with E-state index in [0.717, 1.165) is 17.5 Å². The summed E-state index contributed by atoms with van der Waals surface area (Å²) >= 11 is 0. The van der Waals surface area contributed by atoms with E-state index in [1.807, 2.05) is 12.3 Å². The number of nitrogens with zero attached hydrogens (tertiary/aromatic N) is 1. The maximum absolute atomic E-state index is 4.43. The van der Waals surface area contributed by atoms with Crippen molar-refractivity contribution >= 4 is 0 Å². The quantitative estimate of drug-likeness (QED) is 0.862. The Balaban J connectivity index is 1.96. The Labute approximate surface area is 105 Å². The van der Waals surface area contributed by atoms with Crippen LogP contribution in [-0.2, 0) is 0 Å². The molecular formula is C15H24N2. The highest BCUT2D eigenvalue weighted by Crippen LogP contribution is 2.30. The van der Waals surface area contributed by atoms with Crippen molar-refractivity contribution in [1.29, 1.82) is 0 Å². The van der Waals surface area contributed by atoms with Gasteiger partial charge < -0.3 is 5.32 Å². The summed E-state index contributed by atoms with van der Waals surface area (Å²) in [6.07, 6.45) is 5.93. The van der Waals surface area contributed by atoms with Crippen molar-refractivity contribution in [2.45, 2.75) is 52.1 Å². The predicted molar refractivity (Wildman–Crippen MR) is 71.8 cm³/mol. The first kappa shape index (κ1) is 12.6. The van der Waals surface area contributed by atoms with Gasteiger partial charge in [0.1, 0.15) is 0 Å². The fourth-order valence-corrected chi connectivity index (χ4v) is 2.86. The molecule has 1 aromatic rings. The number of nitrogens with one attached hydrogen (secondary N) is 1. The van der Waals surface area contributed by atoms with Crippen LogP contribution in [-0.4, -0.2) is 11.0 Å². The van der Waals surface area contributed by atoms with Crippen molar-refractivity contribution in [3.05, 3.63) is 30.1 Å². The average molecular weight is 232 g/mol. The highest BCUT2D eigenvalue weighted by Gasteiger charge is 2.28. The molecule has 3 unspecified atom stereocenters. The van der Waals surface area contributed by atoms with Gasteiger partial charge in [-0.05, 0) is 37.3 Å². The van der Waals surface area contributed by atoms with Gasteiger partial charge in [-0.3, -0.25) is 4.98 Å².